The van der Waals surface area contributed by atoms with Crippen molar-refractivity contribution in [1.82, 2.24) is 4.90 Å². The molecule has 0 unspecified atom stereocenters. The summed E-state index contributed by atoms with van der Waals surface area (Å²) in [5.74, 6) is 0.795. The van der Waals surface area contributed by atoms with Crippen molar-refractivity contribution in [3.8, 4) is 0 Å². The van der Waals surface area contributed by atoms with E-state index >= 15 is 0 Å². The number of benzene rings is 2. The molecule has 0 atom stereocenters. The maximum atomic E-state index is 9.09. The molecule has 2 aromatic rings. The summed E-state index contributed by atoms with van der Waals surface area (Å²) < 4.78 is 0. The fourth-order valence-electron chi connectivity index (χ4n) is 4.17. The van der Waals surface area contributed by atoms with Crippen LogP contribution in [-0.4, -0.2) is 36.2 Å². The Morgan fingerprint density at radius 1 is 1.07 bits per heavy atom. The third kappa shape index (κ3) is 4.43. The van der Waals surface area contributed by atoms with Crippen molar-refractivity contribution < 1.29 is 5.11 Å². The zero-order valence-corrected chi connectivity index (χ0v) is 17.1. The summed E-state index contributed by atoms with van der Waals surface area (Å²) in [5.41, 5.74) is 3.93. The summed E-state index contributed by atoms with van der Waals surface area (Å²) in [6.07, 6.45) is 7.26. The van der Waals surface area contributed by atoms with E-state index in [-0.39, 0.29) is 6.61 Å². The topological polar surface area (TPSA) is 23.5 Å². The minimum atomic E-state index is 0.274. The Kier molecular flexibility index (Phi) is 6.24. The molecule has 4 rings (SSSR count). The quantitative estimate of drug-likeness (QED) is 0.593. The van der Waals surface area contributed by atoms with E-state index in [1.54, 1.807) is 0 Å². The highest BCUT2D eigenvalue weighted by molar-refractivity contribution is 7.99. The summed E-state index contributed by atoms with van der Waals surface area (Å²) in [4.78, 5) is 5.00. The summed E-state index contributed by atoms with van der Waals surface area (Å²) in [6, 6.07) is 14.9. The van der Waals surface area contributed by atoms with Crippen LogP contribution in [0.5, 0.6) is 0 Å². The number of hydrogen-bond acceptors (Lipinski definition) is 3. The van der Waals surface area contributed by atoms with E-state index in [0.29, 0.717) is 0 Å². The fourth-order valence-corrected chi connectivity index (χ4v) is 5.43. The minimum Gasteiger partial charge on any atom is -0.395 e. The molecule has 1 fully saturated rings. The van der Waals surface area contributed by atoms with Crippen molar-refractivity contribution in [2.24, 2.45) is 5.92 Å². The number of piperidine rings is 1. The molecule has 142 valence electrons. The second kappa shape index (κ2) is 8.83. The molecule has 1 N–H and O–H groups in total. The Morgan fingerprint density at radius 3 is 2.67 bits per heavy atom. The average Bonchev–Trinajstić information content (AvgIpc) is 2.69. The van der Waals surface area contributed by atoms with Crippen LogP contribution in [-0.2, 0) is 0 Å². The van der Waals surface area contributed by atoms with E-state index in [9.17, 15) is 0 Å². The molecule has 2 aliphatic rings. The lowest BCUT2D eigenvalue weighted by Gasteiger charge is -2.31. The zero-order valence-electron chi connectivity index (χ0n) is 15.5. The minimum absolute atomic E-state index is 0.274. The highest BCUT2D eigenvalue weighted by Gasteiger charge is 2.22. The summed E-state index contributed by atoms with van der Waals surface area (Å²) >= 11 is 8.14. The molecule has 2 aliphatic heterocycles. The van der Waals surface area contributed by atoms with Crippen LogP contribution in [0.2, 0.25) is 5.02 Å². The third-order valence-electron chi connectivity index (χ3n) is 5.68. The lowest BCUT2D eigenvalue weighted by Crippen LogP contribution is -2.35. The second-order valence-electron chi connectivity index (χ2n) is 7.44. The molecule has 0 aliphatic carbocycles. The van der Waals surface area contributed by atoms with Gasteiger partial charge in [-0.15, -0.1) is 0 Å². The molecule has 0 amide bonds. The molecule has 27 heavy (non-hydrogen) atoms. The van der Waals surface area contributed by atoms with Crippen LogP contribution in [0.1, 0.15) is 36.8 Å². The van der Waals surface area contributed by atoms with Gasteiger partial charge in [0.05, 0.1) is 6.61 Å². The van der Waals surface area contributed by atoms with Crippen molar-refractivity contribution in [3.63, 3.8) is 0 Å². The van der Waals surface area contributed by atoms with Gasteiger partial charge in [-0.1, -0.05) is 47.6 Å². The molecule has 0 radical (unpaired) electrons. The number of β-amino-alcohol motifs (C(OH)–C–C–N with tert-alkyl or cyclic N) is 1. The van der Waals surface area contributed by atoms with Crippen LogP contribution in [0.25, 0.3) is 5.57 Å². The van der Waals surface area contributed by atoms with Gasteiger partial charge in [0, 0.05) is 21.4 Å². The first-order valence-electron chi connectivity index (χ1n) is 9.85. The highest BCUT2D eigenvalue weighted by Crippen LogP contribution is 2.46. The summed E-state index contributed by atoms with van der Waals surface area (Å²) in [5, 5.41) is 9.89. The van der Waals surface area contributed by atoms with Crippen LogP contribution in [0.4, 0.5) is 0 Å². The molecule has 4 heteroatoms. The molecular formula is C23H26ClNOS. The zero-order chi connectivity index (χ0) is 18.6. The van der Waals surface area contributed by atoms with Crippen LogP contribution < -0.4 is 0 Å². The molecule has 2 aromatic carbocycles. The maximum Gasteiger partial charge on any atom is 0.0558 e. The number of nitrogens with zero attached hydrogens (tertiary/aromatic N) is 1. The molecule has 0 saturated carbocycles. The fraction of sp³-hybridized carbons (Fsp3) is 0.391. The van der Waals surface area contributed by atoms with Crippen molar-refractivity contribution >= 4 is 28.9 Å². The van der Waals surface area contributed by atoms with Gasteiger partial charge in [-0.2, -0.15) is 0 Å². The van der Waals surface area contributed by atoms with E-state index in [2.05, 4.69) is 47.4 Å². The van der Waals surface area contributed by atoms with Crippen molar-refractivity contribution in [1.29, 1.82) is 0 Å². The maximum absolute atomic E-state index is 9.09. The third-order valence-corrected chi connectivity index (χ3v) is 7.06. The Balaban J connectivity index is 1.49. The molecule has 2 nitrogen and oxygen atoms in total. The lowest BCUT2D eigenvalue weighted by molar-refractivity contribution is 0.145. The Morgan fingerprint density at radius 2 is 1.85 bits per heavy atom. The predicted octanol–water partition coefficient (Wildman–Crippen LogP) is 5.72. The van der Waals surface area contributed by atoms with Gasteiger partial charge in [-0.05, 0) is 85.7 Å². The van der Waals surface area contributed by atoms with Crippen molar-refractivity contribution in [2.45, 2.75) is 35.5 Å². The van der Waals surface area contributed by atoms with Crippen molar-refractivity contribution in [2.75, 3.05) is 26.2 Å². The molecule has 0 aromatic heterocycles. The van der Waals surface area contributed by atoms with E-state index in [1.807, 2.05) is 17.8 Å². The number of hydrogen-bond donors (Lipinski definition) is 1. The average molecular weight is 400 g/mol. The first kappa shape index (κ1) is 19.1. The van der Waals surface area contributed by atoms with Gasteiger partial charge in [0.25, 0.3) is 0 Å². The standard InChI is InChI=1S/C23H26ClNOS/c24-18-8-9-23-21(16-18)19(20-5-1-2-7-22(20)27-23)6-3-4-17-10-12-25(13-11-17)14-15-26/h1-2,5-9,16-17,26H,3-4,10-15H2. The normalized spacial score (nSPS) is 19.1. The van der Waals surface area contributed by atoms with Crippen LogP contribution >= 0.6 is 23.4 Å². The molecule has 0 bridgehead atoms. The van der Waals surface area contributed by atoms with E-state index < -0.39 is 0 Å². The Hall–Kier alpha value is -1.26. The summed E-state index contributed by atoms with van der Waals surface area (Å²) in [7, 11) is 0. The van der Waals surface area contributed by atoms with Crippen LogP contribution in [0, 0.1) is 5.92 Å². The SMILES string of the molecule is OCCN1CCC(CCC=C2c3ccccc3Sc3ccc(Cl)cc32)CC1. The van der Waals surface area contributed by atoms with Crippen LogP contribution in [0.3, 0.4) is 0 Å². The van der Waals surface area contributed by atoms with E-state index in [4.69, 9.17) is 16.7 Å². The number of likely N-dealkylation sites (tertiary alicyclic amines) is 1. The number of aliphatic hydroxyl groups is 1. The molecular weight excluding hydrogens is 374 g/mol. The van der Waals surface area contributed by atoms with Gasteiger partial charge < -0.3 is 10.0 Å². The van der Waals surface area contributed by atoms with Gasteiger partial charge in [0.1, 0.15) is 0 Å². The van der Waals surface area contributed by atoms with Gasteiger partial charge in [-0.3, -0.25) is 0 Å². The number of fused-ring (bicyclic) bond motifs is 2. The first-order chi connectivity index (χ1) is 13.2. The van der Waals surface area contributed by atoms with E-state index in [1.165, 1.54) is 45.8 Å². The summed E-state index contributed by atoms with van der Waals surface area (Å²) in [6.45, 7) is 3.35. The van der Waals surface area contributed by atoms with Gasteiger partial charge in [0.2, 0.25) is 0 Å². The number of allylic oxidation sites excluding steroid dienone is 1. The van der Waals surface area contributed by atoms with Crippen molar-refractivity contribution in [3.05, 3.63) is 64.7 Å². The van der Waals surface area contributed by atoms with E-state index in [0.717, 1.165) is 37.0 Å². The Labute approximate surface area is 171 Å². The van der Waals surface area contributed by atoms with Gasteiger partial charge in [0.15, 0.2) is 0 Å². The monoisotopic (exact) mass is 399 g/mol. The predicted molar refractivity (Wildman–Crippen MR) is 115 cm³/mol. The Bertz CT molecular complexity index is 827. The van der Waals surface area contributed by atoms with Gasteiger partial charge in [-0.25, -0.2) is 0 Å². The second-order valence-corrected chi connectivity index (χ2v) is 8.96. The molecule has 2 heterocycles. The van der Waals surface area contributed by atoms with Crippen LogP contribution in [0.15, 0.2) is 58.3 Å². The largest absolute Gasteiger partial charge is 0.395 e. The number of halogens is 1. The number of aliphatic hydroxyl groups excluding tert-OH is 1. The highest BCUT2D eigenvalue weighted by atomic mass is 35.5. The molecule has 0 spiro atoms. The number of rotatable bonds is 5. The molecule has 1 saturated heterocycles. The first-order valence-corrected chi connectivity index (χ1v) is 11.0. The van der Waals surface area contributed by atoms with Gasteiger partial charge >= 0.3 is 0 Å². The smallest absolute Gasteiger partial charge is 0.0558 e. The lowest BCUT2D eigenvalue weighted by atomic mass is 9.90.